The number of aromatic nitrogens is 1. The summed E-state index contributed by atoms with van der Waals surface area (Å²) >= 11 is 0. The lowest BCUT2D eigenvalue weighted by Crippen LogP contribution is -2.34. The van der Waals surface area contributed by atoms with Crippen LogP contribution in [0.1, 0.15) is 47.7 Å². The van der Waals surface area contributed by atoms with Crippen LogP contribution >= 0.6 is 0 Å². The highest BCUT2D eigenvalue weighted by molar-refractivity contribution is 5.92. The number of aliphatic hydroxyl groups is 2. The van der Waals surface area contributed by atoms with Gasteiger partial charge in [-0.25, -0.2) is 0 Å². The highest BCUT2D eigenvalue weighted by atomic mass is 16.3. The minimum Gasteiger partial charge on any atom is -0.394 e. The van der Waals surface area contributed by atoms with Crippen LogP contribution in [0, 0.1) is 11.8 Å². The highest BCUT2D eigenvalue weighted by Gasteiger charge is 2.51. The zero-order valence-electron chi connectivity index (χ0n) is 12.0. The van der Waals surface area contributed by atoms with Crippen LogP contribution in [0.25, 0.3) is 0 Å². The molecule has 1 heterocycles. The molecular weight excluding hydrogens is 268 g/mol. The van der Waals surface area contributed by atoms with E-state index in [1.807, 2.05) is 12.3 Å². The van der Waals surface area contributed by atoms with Crippen LogP contribution in [-0.4, -0.2) is 40.4 Å². The zero-order valence-corrected chi connectivity index (χ0v) is 12.0. The fraction of sp³-hybridized carbons (Fsp3) is 0.625. The summed E-state index contributed by atoms with van der Waals surface area (Å²) in [6.07, 6.45) is 6.24. The predicted molar refractivity (Wildman–Crippen MR) is 77.9 cm³/mol. The number of nitrogens with one attached hydrogen (secondary N) is 1. The number of amides is 1. The topological polar surface area (TPSA) is 82.5 Å². The van der Waals surface area contributed by atoms with Crippen molar-refractivity contribution in [1.82, 2.24) is 10.3 Å². The molecule has 1 aromatic heterocycles. The molecule has 0 radical (unpaired) electrons. The summed E-state index contributed by atoms with van der Waals surface area (Å²) in [7, 11) is 0. The number of nitrogens with zero attached hydrogens (tertiary/aromatic N) is 1. The maximum Gasteiger partial charge on any atom is 0.269 e. The van der Waals surface area contributed by atoms with Crippen LogP contribution in [0.2, 0.25) is 0 Å². The van der Waals surface area contributed by atoms with Gasteiger partial charge in [0.15, 0.2) is 0 Å². The molecule has 0 bridgehead atoms. The van der Waals surface area contributed by atoms with Gasteiger partial charge in [-0.3, -0.25) is 9.78 Å². The second-order valence-corrected chi connectivity index (χ2v) is 6.16. The van der Waals surface area contributed by atoms with Gasteiger partial charge >= 0.3 is 0 Å². The molecule has 21 heavy (non-hydrogen) atoms. The van der Waals surface area contributed by atoms with Crippen molar-refractivity contribution in [3.63, 3.8) is 0 Å². The van der Waals surface area contributed by atoms with Gasteiger partial charge in [-0.05, 0) is 42.2 Å². The highest BCUT2D eigenvalue weighted by Crippen LogP contribution is 2.60. The number of carbonyl (C=O) groups excluding carboxylic acids is 1. The van der Waals surface area contributed by atoms with Gasteiger partial charge in [0.1, 0.15) is 5.69 Å². The number of hydrogen-bond acceptors (Lipinski definition) is 4. The minimum atomic E-state index is -0.928. The summed E-state index contributed by atoms with van der Waals surface area (Å²) in [5, 5.41) is 20.5. The van der Waals surface area contributed by atoms with Crippen molar-refractivity contribution >= 4 is 5.91 Å². The van der Waals surface area contributed by atoms with E-state index in [-0.39, 0.29) is 19.1 Å². The molecule has 2 fully saturated rings. The van der Waals surface area contributed by atoms with Crippen molar-refractivity contribution in [3.8, 4) is 0 Å². The van der Waals surface area contributed by atoms with E-state index < -0.39 is 6.10 Å². The lowest BCUT2D eigenvalue weighted by molar-refractivity contribution is 0.0799. The van der Waals surface area contributed by atoms with Crippen LogP contribution in [0.15, 0.2) is 18.3 Å². The van der Waals surface area contributed by atoms with Crippen LogP contribution in [0.4, 0.5) is 0 Å². The molecule has 5 heteroatoms. The van der Waals surface area contributed by atoms with Gasteiger partial charge in [0.25, 0.3) is 5.91 Å². The van der Waals surface area contributed by atoms with Gasteiger partial charge < -0.3 is 15.5 Å². The molecule has 0 saturated heterocycles. The first kappa shape index (κ1) is 14.5. The Bertz CT molecular complexity index is 491. The Morgan fingerprint density at radius 3 is 2.62 bits per heavy atom. The van der Waals surface area contributed by atoms with Gasteiger partial charge in [0.05, 0.1) is 12.7 Å². The van der Waals surface area contributed by atoms with E-state index in [1.54, 1.807) is 6.07 Å². The number of rotatable bonds is 5. The fourth-order valence-electron chi connectivity index (χ4n) is 3.59. The third-order valence-corrected chi connectivity index (χ3v) is 4.77. The molecule has 3 N–H and O–H groups in total. The number of hydrogen-bond donors (Lipinski definition) is 3. The Balaban J connectivity index is 1.58. The molecule has 0 spiro atoms. The second kappa shape index (κ2) is 6.12. The molecule has 2 unspecified atom stereocenters. The third-order valence-electron chi connectivity index (χ3n) is 4.77. The minimum absolute atomic E-state index is 0.0333. The Labute approximate surface area is 124 Å². The van der Waals surface area contributed by atoms with Crippen LogP contribution < -0.4 is 5.32 Å². The van der Waals surface area contributed by atoms with Gasteiger partial charge in [-0.1, -0.05) is 18.9 Å². The molecule has 2 aliphatic carbocycles. The monoisotopic (exact) mass is 290 g/mol. The first-order valence-corrected chi connectivity index (χ1v) is 7.73. The Hall–Kier alpha value is -1.46. The Morgan fingerprint density at radius 2 is 2.05 bits per heavy atom. The lowest BCUT2D eigenvalue weighted by Gasteiger charge is -2.08. The fourth-order valence-corrected chi connectivity index (χ4v) is 3.59. The maximum absolute atomic E-state index is 11.8. The summed E-state index contributed by atoms with van der Waals surface area (Å²) in [6, 6.07) is 3.76. The molecule has 1 amide bonds. The van der Waals surface area contributed by atoms with Crippen molar-refractivity contribution in [2.75, 3.05) is 13.2 Å². The van der Waals surface area contributed by atoms with Crippen LogP contribution in [-0.2, 0) is 0 Å². The average molecular weight is 290 g/mol. The summed E-state index contributed by atoms with van der Waals surface area (Å²) in [6.45, 7) is -0.331. The average Bonchev–Trinajstić information content (AvgIpc) is 3.26. The molecule has 2 aliphatic rings. The van der Waals surface area contributed by atoms with Gasteiger partial charge in [-0.15, -0.1) is 0 Å². The van der Waals surface area contributed by atoms with Gasteiger partial charge in [-0.2, -0.15) is 0 Å². The van der Waals surface area contributed by atoms with Crippen molar-refractivity contribution in [2.24, 2.45) is 11.8 Å². The number of fused-ring (bicyclic) bond motifs is 1. The Kier molecular flexibility index (Phi) is 4.22. The van der Waals surface area contributed by atoms with Crippen LogP contribution in [0.5, 0.6) is 0 Å². The zero-order chi connectivity index (χ0) is 14.8. The maximum atomic E-state index is 11.8. The van der Waals surface area contributed by atoms with Gasteiger partial charge in [0.2, 0.25) is 0 Å². The summed E-state index contributed by atoms with van der Waals surface area (Å²) < 4.78 is 0. The van der Waals surface area contributed by atoms with E-state index >= 15 is 0 Å². The van der Waals surface area contributed by atoms with E-state index in [0.29, 0.717) is 11.6 Å². The summed E-state index contributed by atoms with van der Waals surface area (Å²) in [4.78, 5) is 16.1. The molecule has 5 nitrogen and oxygen atoms in total. The molecular formula is C16H22N2O3. The first-order chi connectivity index (χ1) is 10.2. The largest absolute Gasteiger partial charge is 0.394 e. The van der Waals surface area contributed by atoms with E-state index in [0.717, 1.165) is 11.8 Å². The van der Waals surface area contributed by atoms with E-state index in [1.165, 1.54) is 31.2 Å². The van der Waals surface area contributed by atoms with E-state index in [2.05, 4.69) is 10.3 Å². The van der Waals surface area contributed by atoms with Gasteiger partial charge in [0, 0.05) is 12.7 Å². The first-order valence-electron chi connectivity index (χ1n) is 7.73. The Morgan fingerprint density at radius 1 is 1.33 bits per heavy atom. The van der Waals surface area contributed by atoms with Crippen molar-refractivity contribution in [2.45, 2.75) is 37.7 Å². The predicted octanol–water partition coefficient (Wildman–Crippen LogP) is 1.07. The third kappa shape index (κ3) is 3.09. The van der Waals surface area contributed by atoms with Crippen molar-refractivity contribution in [3.05, 3.63) is 29.6 Å². The normalized spacial score (nSPS) is 28.6. The van der Waals surface area contributed by atoms with Crippen molar-refractivity contribution < 1.29 is 15.0 Å². The molecule has 1 aromatic rings. The van der Waals surface area contributed by atoms with E-state index in [9.17, 15) is 9.90 Å². The number of carbonyl (C=O) groups is 1. The summed E-state index contributed by atoms with van der Waals surface area (Å²) in [5.41, 5.74) is 1.60. The van der Waals surface area contributed by atoms with Crippen LogP contribution in [0.3, 0.4) is 0 Å². The lowest BCUT2D eigenvalue weighted by atomic mass is 10.0. The molecule has 114 valence electrons. The molecule has 0 aliphatic heterocycles. The SMILES string of the molecule is O=C(NCC(O)CO)c1ccc(C2[C@H]3CCCC[C@@H]23)cn1. The second-order valence-electron chi connectivity index (χ2n) is 6.16. The number of pyridine rings is 1. The van der Waals surface area contributed by atoms with E-state index in [4.69, 9.17) is 5.11 Å². The molecule has 2 saturated carbocycles. The molecule has 3 rings (SSSR count). The number of aliphatic hydroxyl groups excluding tert-OH is 2. The molecule has 0 aromatic carbocycles. The van der Waals surface area contributed by atoms with Crippen molar-refractivity contribution in [1.29, 1.82) is 0 Å². The smallest absolute Gasteiger partial charge is 0.269 e. The summed E-state index contributed by atoms with van der Waals surface area (Å²) in [5.74, 6) is 2.00. The quantitative estimate of drug-likeness (QED) is 0.757. The molecule has 4 atom stereocenters. The standard InChI is InChI=1S/C16H22N2O3/c19-9-11(20)8-18-16(21)14-6-5-10(7-17-14)15-12-3-1-2-4-13(12)15/h5-7,11-13,15,19-20H,1-4,8-9H2,(H,18,21)/t11?,12-,13+,15?.